The molecule has 2 aliphatic rings. The summed E-state index contributed by atoms with van der Waals surface area (Å²) in [6.45, 7) is 3.96. The topological polar surface area (TPSA) is 29.5 Å². The summed E-state index contributed by atoms with van der Waals surface area (Å²) in [4.78, 5) is 15.3. The van der Waals surface area contributed by atoms with Crippen molar-refractivity contribution in [1.29, 1.82) is 0 Å². The highest BCUT2D eigenvalue weighted by Crippen LogP contribution is 2.44. The molecule has 0 aliphatic carbocycles. The Hall–Kier alpha value is -2.29. The minimum atomic E-state index is -0.249. The minimum absolute atomic E-state index is 0.208. The van der Waals surface area contributed by atoms with Crippen molar-refractivity contribution >= 4 is 5.91 Å². The van der Waals surface area contributed by atoms with E-state index in [0.717, 1.165) is 42.1 Å². The van der Waals surface area contributed by atoms with Gasteiger partial charge in [-0.3, -0.25) is 4.79 Å². The van der Waals surface area contributed by atoms with Crippen molar-refractivity contribution in [2.75, 3.05) is 13.1 Å². The third-order valence-electron chi connectivity index (χ3n) is 4.90. The van der Waals surface area contributed by atoms with Gasteiger partial charge in [0.15, 0.2) is 0 Å². The van der Waals surface area contributed by atoms with Crippen LogP contribution in [0.1, 0.15) is 36.8 Å². The molecule has 3 heteroatoms. The number of benzene rings is 2. The van der Waals surface area contributed by atoms with Crippen LogP contribution in [-0.2, 0) is 4.79 Å². The number of carbonyl (C=O) groups is 1. The molecule has 1 fully saturated rings. The number of likely N-dealkylation sites (tertiary alicyclic amines) is 1. The number of rotatable bonds is 1. The first-order valence-electron chi connectivity index (χ1n) is 8.38. The second-order valence-electron chi connectivity index (χ2n) is 6.64. The van der Waals surface area contributed by atoms with Crippen molar-refractivity contribution in [3.63, 3.8) is 0 Å². The van der Waals surface area contributed by atoms with Crippen LogP contribution in [0, 0.1) is 5.92 Å². The molecular weight excluding hydrogens is 286 g/mol. The maximum absolute atomic E-state index is 13.3. The molecule has 1 saturated heterocycles. The van der Waals surface area contributed by atoms with Gasteiger partial charge in [-0.05, 0) is 30.9 Å². The third-order valence-corrected chi connectivity index (χ3v) is 4.90. The lowest BCUT2D eigenvalue weighted by Crippen LogP contribution is -2.42. The molecule has 0 saturated carbocycles. The first-order chi connectivity index (χ1) is 11.2. The Labute approximate surface area is 136 Å². The van der Waals surface area contributed by atoms with E-state index in [-0.39, 0.29) is 11.8 Å². The Balaban J connectivity index is 1.76. The lowest BCUT2D eigenvalue weighted by molar-refractivity contribution is -0.133. The molecule has 0 N–H and O–H groups in total. The Kier molecular flexibility index (Phi) is 3.56. The van der Waals surface area contributed by atoms with E-state index in [9.17, 15) is 4.79 Å². The summed E-state index contributed by atoms with van der Waals surface area (Å²) in [5.74, 6) is 2.14. The number of ether oxygens (including phenoxy) is 1. The van der Waals surface area contributed by atoms with Crippen LogP contribution in [0.25, 0.3) is 0 Å². The van der Waals surface area contributed by atoms with Crippen LogP contribution in [0.2, 0.25) is 0 Å². The molecule has 1 amide bonds. The second kappa shape index (κ2) is 5.73. The van der Waals surface area contributed by atoms with E-state index in [4.69, 9.17) is 4.74 Å². The normalized spacial score (nSPS) is 20.4. The van der Waals surface area contributed by atoms with Crippen molar-refractivity contribution < 1.29 is 9.53 Å². The summed E-state index contributed by atoms with van der Waals surface area (Å²) >= 11 is 0. The van der Waals surface area contributed by atoms with E-state index in [1.54, 1.807) is 0 Å². The van der Waals surface area contributed by atoms with E-state index in [0.29, 0.717) is 5.92 Å². The summed E-state index contributed by atoms with van der Waals surface area (Å²) in [5, 5.41) is 0. The molecule has 1 atom stereocenters. The lowest BCUT2D eigenvalue weighted by Gasteiger charge is -2.36. The van der Waals surface area contributed by atoms with Gasteiger partial charge in [-0.1, -0.05) is 43.3 Å². The molecular formula is C20H21NO2. The van der Waals surface area contributed by atoms with Gasteiger partial charge in [-0.15, -0.1) is 0 Å². The molecule has 23 heavy (non-hydrogen) atoms. The average Bonchev–Trinajstić information content (AvgIpc) is 2.59. The number of amides is 1. The summed E-state index contributed by atoms with van der Waals surface area (Å²) in [7, 11) is 0. The monoisotopic (exact) mass is 307 g/mol. The van der Waals surface area contributed by atoms with Crippen molar-refractivity contribution in [3.8, 4) is 11.5 Å². The SMILES string of the molecule is CC1CCCN(C(=O)C2c3ccccc3Oc3ccccc32)C1. The molecule has 2 aliphatic heterocycles. The molecule has 2 aromatic carbocycles. The fourth-order valence-electron chi connectivity index (χ4n) is 3.75. The predicted octanol–water partition coefficient (Wildman–Crippen LogP) is 4.18. The van der Waals surface area contributed by atoms with Gasteiger partial charge >= 0.3 is 0 Å². The van der Waals surface area contributed by atoms with Crippen molar-refractivity contribution in [1.82, 2.24) is 4.90 Å². The standard InChI is InChI=1S/C20H21NO2/c1-14-7-6-12-21(13-14)20(22)19-15-8-2-4-10-17(15)23-18-11-5-3-9-16(18)19/h2-5,8-11,14,19H,6-7,12-13H2,1H3. The number of hydrogen-bond acceptors (Lipinski definition) is 2. The molecule has 4 rings (SSSR count). The van der Waals surface area contributed by atoms with Crippen molar-refractivity contribution in [2.24, 2.45) is 5.92 Å². The lowest BCUT2D eigenvalue weighted by atomic mass is 9.86. The fraction of sp³-hybridized carbons (Fsp3) is 0.350. The van der Waals surface area contributed by atoms with Gasteiger partial charge in [0.2, 0.25) is 5.91 Å². The van der Waals surface area contributed by atoms with Gasteiger partial charge in [0.05, 0.1) is 5.92 Å². The van der Waals surface area contributed by atoms with Gasteiger partial charge in [0.25, 0.3) is 0 Å². The number of carbonyl (C=O) groups excluding carboxylic acids is 1. The van der Waals surface area contributed by atoms with E-state index in [2.05, 4.69) is 6.92 Å². The number of piperidine rings is 1. The largest absolute Gasteiger partial charge is 0.457 e. The smallest absolute Gasteiger partial charge is 0.234 e. The molecule has 1 unspecified atom stereocenters. The quantitative estimate of drug-likeness (QED) is 0.791. The van der Waals surface area contributed by atoms with Crippen LogP contribution in [-0.4, -0.2) is 23.9 Å². The maximum atomic E-state index is 13.3. The van der Waals surface area contributed by atoms with Crippen LogP contribution >= 0.6 is 0 Å². The van der Waals surface area contributed by atoms with Crippen LogP contribution < -0.4 is 4.74 Å². The van der Waals surface area contributed by atoms with E-state index >= 15 is 0 Å². The van der Waals surface area contributed by atoms with Gasteiger partial charge in [-0.25, -0.2) is 0 Å². The molecule has 0 aromatic heterocycles. The number of fused-ring (bicyclic) bond motifs is 2. The summed E-state index contributed by atoms with van der Waals surface area (Å²) in [6.07, 6.45) is 2.31. The fourth-order valence-corrected chi connectivity index (χ4v) is 3.75. The number of hydrogen-bond donors (Lipinski definition) is 0. The molecule has 0 spiro atoms. The first kappa shape index (κ1) is 14.3. The average molecular weight is 307 g/mol. The first-order valence-corrected chi connectivity index (χ1v) is 8.38. The van der Waals surface area contributed by atoms with Gasteiger partial charge in [0, 0.05) is 24.2 Å². The molecule has 0 radical (unpaired) electrons. The molecule has 3 nitrogen and oxygen atoms in total. The molecule has 0 bridgehead atoms. The van der Waals surface area contributed by atoms with Crippen molar-refractivity contribution in [2.45, 2.75) is 25.7 Å². The van der Waals surface area contributed by atoms with Gasteiger partial charge < -0.3 is 9.64 Å². The zero-order valence-electron chi connectivity index (χ0n) is 13.4. The Morgan fingerprint density at radius 1 is 1.04 bits per heavy atom. The summed E-state index contributed by atoms with van der Waals surface area (Å²) in [6, 6.07) is 15.8. The van der Waals surface area contributed by atoms with Crippen LogP contribution in [0.3, 0.4) is 0 Å². The summed E-state index contributed by atoms with van der Waals surface area (Å²) < 4.78 is 6.00. The van der Waals surface area contributed by atoms with Crippen LogP contribution in [0.5, 0.6) is 11.5 Å². The zero-order chi connectivity index (χ0) is 15.8. The highest BCUT2D eigenvalue weighted by molar-refractivity contribution is 5.89. The Morgan fingerprint density at radius 2 is 1.65 bits per heavy atom. The van der Waals surface area contributed by atoms with E-state index in [1.165, 1.54) is 6.42 Å². The Bertz CT molecular complexity index is 694. The van der Waals surface area contributed by atoms with E-state index < -0.39 is 0 Å². The maximum Gasteiger partial charge on any atom is 0.234 e. The highest BCUT2D eigenvalue weighted by Gasteiger charge is 2.36. The highest BCUT2D eigenvalue weighted by atomic mass is 16.5. The minimum Gasteiger partial charge on any atom is -0.457 e. The van der Waals surface area contributed by atoms with Gasteiger partial charge in [0.1, 0.15) is 11.5 Å². The molecule has 2 heterocycles. The van der Waals surface area contributed by atoms with Crippen LogP contribution in [0.4, 0.5) is 0 Å². The van der Waals surface area contributed by atoms with Crippen LogP contribution in [0.15, 0.2) is 48.5 Å². The number of para-hydroxylation sites is 2. The zero-order valence-corrected chi connectivity index (χ0v) is 13.4. The summed E-state index contributed by atoms with van der Waals surface area (Å²) in [5.41, 5.74) is 1.96. The molecule has 2 aromatic rings. The van der Waals surface area contributed by atoms with Gasteiger partial charge in [-0.2, -0.15) is 0 Å². The Morgan fingerprint density at radius 3 is 2.26 bits per heavy atom. The van der Waals surface area contributed by atoms with Crippen molar-refractivity contribution in [3.05, 3.63) is 59.7 Å². The second-order valence-corrected chi connectivity index (χ2v) is 6.64. The van der Waals surface area contributed by atoms with E-state index in [1.807, 2.05) is 53.4 Å². The third kappa shape index (κ3) is 2.50. The predicted molar refractivity (Wildman–Crippen MR) is 89.8 cm³/mol. The molecule has 118 valence electrons. The number of nitrogens with zero attached hydrogens (tertiary/aromatic N) is 1.